The van der Waals surface area contributed by atoms with Crippen LogP contribution in [-0.2, 0) is 28.7 Å². The van der Waals surface area contributed by atoms with Crippen LogP contribution in [0.5, 0.6) is 11.5 Å². The highest BCUT2D eigenvalue weighted by Gasteiger charge is 2.34. The van der Waals surface area contributed by atoms with E-state index >= 15 is 0 Å². The van der Waals surface area contributed by atoms with Crippen molar-refractivity contribution >= 4 is 23.5 Å². The molecule has 0 unspecified atom stereocenters. The molecule has 6 rings (SSSR count). The molecule has 6 aromatic rings. The van der Waals surface area contributed by atoms with Crippen molar-refractivity contribution in [3.63, 3.8) is 0 Å². The fourth-order valence-corrected chi connectivity index (χ4v) is 5.95. The molecule has 1 aromatic heterocycles. The Balaban J connectivity index is 1.13. The molecule has 1 heterocycles. The highest BCUT2D eigenvalue weighted by Crippen LogP contribution is 2.35. The van der Waals surface area contributed by atoms with E-state index in [4.69, 9.17) is 14.0 Å². The van der Waals surface area contributed by atoms with Gasteiger partial charge in [-0.1, -0.05) is 77.5 Å². The second-order valence-electron chi connectivity index (χ2n) is 12.8. The SMILES string of the molecule is COc1ccc(CC(=O)Nc2ccc(C(=O)N(CC(=O)O)Cc3ccc(-c4noc(-c5ccc(-c6ccc(C)cc6)cc5)n4)cc3)c(OC)c2)c(C(F)(F)F)c1. The molecule has 56 heavy (non-hydrogen) atoms. The fraction of sp³-hybridized carbons (Fsp3) is 0.167. The summed E-state index contributed by atoms with van der Waals surface area (Å²) in [4.78, 5) is 44.0. The van der Waals surface area contributed by atoms with Crippen molar-refractivity contribution in [1.82, 2.24) is 15.0 Å². The first-order valence-electron chi connectivity index (χ1n) is 17.1. The van der Waals surface area contributed by atoms with Crippen LogP contribution in [0.3, 0.4) is 0 Å². The number of aliphatic carboxylic acids is 1. The highest BCUT2D eigenvalue weighted by molar-refractivity contribution is 6.00. The van der Waals surface area contributed by atoms with Crippen LogP contribution in [0.2, 0.25) is 0 Å². The van der Waals surface area contributed by atoms with Crippen LogP contribution in [0.25, 0.3) is 34.0 Å². The standard InChI is InChI=1S/C42H35F3N4O7/c1-25-4-8-27(9-5-25)28-12-14-30(15-13-28)40-47-39(48-56-40)29-10-6-26(7-11-29)23-49(24-38(51)52)41(53)34-19-17-32(21-36(34)55-3)46-37(50)20-31-16-18-33(54-2)22-35(31)42(43,44)45/h4-19,21-22H,20,23-24H2,1-3H3,(H,46,50)(H,51,52). The number of carbonyl (C=O) groups is 3. The first-order valence-corrected chi connectivity index (χ1v) is 17.1. The minimum atomic E-state index is -4.71. The third-order valence-electron chi connectivity index (χ3n) is 8.83. The number of alkyl halides is 3. The van der Waals surface area contributed by atoms with Crippen molar-refractivity contribution in [3.05, 3.63) is 137 Å². The average molecular weight is 765 g/mol. The molecule has 0 spiro atoms. The normalized spacial score (nSPS) is 11.2. The molecule has 0 aliphatic heterocycles. The monoisotopic (exact) mass is 764 g/mol. The van der Waals surface area contributed by atoms with Crippen molar-refractivity contribution in [1.29, 1.82) is 0 Å². The number of hydrogen-bond donors (Lipinski definition) is 2. The number of rotatable bonds is 13. The lowest BCUT2D eigenvalue weighted by Gasteiger charge is -2.22. The maximum absolute atomic E-state index is 13.7. The van der Waals surface area contributed by atoms with E-state index in [9.17, 15) is 32.7 Å². The lowest BCUT2D eigenvalue weighted by molar-refractivity contribution is -0.139. The van der Waals surface area contributed by atoms with Crippen LogP contribution in [0.15, 0.2) is 114 Å². The van der Waals surface area contributed by atoms with Crippen LogP contribution < -0.4 is 14.8 Å². The van der Waals surface area contributed by atoms with Gasteiger partial charge in [0, 0.05) is 29.4 Å². The van der Waals surface area contributed by atoms with Gasteiger partial charge in [0.05, 0.1) is 31.8 Å². The van der Waals surface area contributed by atoms with Crippen LogP contribution in [0.4, 0.5) is 18.9 Å². The Labute approximate surface area is 319 Å². The molecule has 0 radical (unpaired) electrons. The van der Waals surface area contributed by atoms with Gasteiger partial charge < -0.3 is 29.3 Å². The third-order valence-corrected chi connectivity index (χ3v) is 8.83. The first kappa shape index (κ1) is 38.8. The second kappa shape index (κ2) is 16.6. The molecule has 14 heteroatoms. The van der Waals surface area contributed by atoms with Crippen molar-refractivity contribution in [3.8, 4) is 45.5 Å². The summed E-state index contributed by atoms with van der Waals surface area (Å²) in [6.45, 7) is 1.32. The Morgan fingerprint density at radius 2 is 1.45 bits per heavy atom. The lowest BCUT2D eigenvalue weighted by atomic mass is 10.0. The smallest absolute Gasteiger partial charge is 0.416 e. The van der Waals surface area contributed by atoms with Crippen molar-refractivity contribution < 1.29 is 46.7 Å². The molecule has 286 valence electrons. The minimum absolute atomic E-state index is 0.00380. The zero-order valence-corrected chi connectivity index (χ0v) is 30.4. The maximum Gasteiger partial charge on any atom is 0.416 e. The Kier molecular flexibility index (Phi) is 11.5. The van der Waals surface area contributed by atoms with E-state index in [2.05, 4.69) is 39.7 Å². The first-order chi connectivity index (χ1) is 26.8. The number of aromatic nitrogens is 2. The van der Waals surface area contributed by atoms with Crippen molar-refractivity contribution in [2.45, 2.75) is 26.1 Å². The largest absolute Gasteiger partial charge is 0.497 e. The fourth-order valence-electron chi connectivity index (χ4n) is 5.95. The van der Waals surface area contributed by atoms with E-state index in [1.807, 2.05) is 31.2 Å². The molecule has 0 bridgehead atoms. The van der Waals surface area contributed by atoms with Crippen LogP contribution in [-0.4, -0.2) is 58.7 Å². The van der Waals surface area contributed by atoms with E-state index in [-0.39, 0.29) is 34.9 Å². The van der Waals surface area contributed by atoms with Gasteiger partial charge in [0.25, 0.3) is 11.8 Å². The number of methoxy groups -OCH3 is 2. The molecule has 0 saturated heterocycles. The van der Waals surface area contributed by atoms with Gasteiger partial charge in [-0.05, 0) is 65.6 Å². The molecule has 0 saturated carbocycles. The van der Waals surface area contributed by atoms with Gasteiger partial charge in [-0.15, -0.1) is 0 Å². The number of ether oxygens (including phenoxy) is 2. The van der Waals surface area contributed by atoms with Gasteiger partial charge in [-0.3, -0.25) is 14.4 Å². The number of hydrogen-bond acceptors (Lipinski definition) is 8. The molecule has 0 aliphatic rings. The number of aryl methyl sites for hydroxylation is 1. The van der Waals surface area contributed by atoms with Crippen molar-refractivity contribution in [2.24, 2.45) is 0 Å². The number of anilines is 1. The van der Waals surface area contributed by atoms with E-state index < -0.39 is 42.5 Å². The molecule has 0 fully saturated rings. The van der Waals surface area contributed by atoms with Gasteiger partial charge in [-0.2, -0.15) is 18.2 Å². The number of nitrogens with zero attached hydrogens (tertiary/aromatic N) is 3. The maximum atomic E-state index is 13.7. The number of halogens is 3. The number of carboxylic acids is 1. The van der Waals surface area contributed by atoms with Gasteiger partial charge in [0.2, 0.25) is 11.7 Å². The molecular formula is C42H35F3N4O7. The van der Waals surface area contributed by atoms with Gasteiger partial charge >= 0.3 is 12.1 Å². The van der Waals surface area contributed by atoms with Crippen LogP contribution in [0, 0.1) is 6.92 Å². The zero-order valence-electron chi connectivity index (χ0n) is 30.4. The average Bonchev–Trinajstić information content (AvgIpc) is 3.68. The van der Waals surface area contributed by atoms with Crippen LogP contribution >= 0.6 is 0 Å². The number of amides is 2. The number of nitrogens with one attached hydrogen (secondary N) is 1. The van der Waals surface area contributed by atoms with E-state index in [1.54, 1.807) is 24.3 Å². The van der Waals surface area contributed by atoms with Gasteiger partial charge in [0.15, 0.2) is 0 Å². The second-order valence-corrected chi connectivity index (χ2v) is 12.8. The Morgan fingerprint density at radius 1 is 0.804 bits per heavy atom. The summed E-state index contributed by atoms with van der Waals surface area (Å²) in [5, 5.41) is 16.3. The molecule has 11 nitrogen and oxygen atoms in total. The van der Waals surface area contributed by atoms with Crippen LogP contribution in [0.1, 0.15) is 32.6 Å². The molecule has 0 atom stereocenters. The van der Waals surface area contributed by atoms with Gasteiger partial charge in [0.1, 0.15) is 18.0 Å². The predicted molar refractivity (Wildman–Crippen MR) is 201 cm³/mol. The number of carbonyl (C=O) groups excluding carboxylic acids is 2. The summed E-state index contributed by atoms with van der Waals surface area (Å²) in [5.41, 5.74) is 4.21. The molecule has 5 aromatic carbocycles. The molecular weight excluding hydrogens is 729 g/mol. The summed E-state index contributed by atoms with van der Waals surface area (Å²) in [6, 6.07) is 30.3. The molecule has 2 N–H and O–H groups in total. The van der Waals surface area contributed by atoms with Gasteiger partial charge in [-0.25, -0.2) is 0 Å². The third kappa shape index (κ3) is 9.21. The van der Waals surface area contributed by atoms with Crippen molar-refractivity contribution in [2.75, 3.05) is 26.1 Å². The quantitative estimate of drug-likeness (QED) is 0.119. The summed E-state index contributed by atoms with van der Waals surface area (Å²) in [6.07, 6.45) is -5.31. The van der Waals surface area contributed by atoms with E-state index in [1.165, 1.54) is 50.1 Å². The molecule has 0 aliphatic carbocycles. The van der Waals surface area contributed by atoms with E-state index in [0.717, 1.165) is 27.7 Å². The summed E-state index contributed by atoms with van der Waals surface area (Å²) < 4.78 is 56.8. The Bertz CT molecular complexity index is 2360. The Morgan fingerprint density at radius 3 is 2.07 bits per heavy atom. The zero-order chi connectivity index (χ0) is 40.0. The minimum Gasteiger partial charge on any atom is -0.497 e. The number of carboxylic acid groups (broad SMARTS) is 1. The summed E-state index contributed by atoms with van der Waals surface area (Å²) >= 11 is 0. The van der Waals surface area contributed by atoms with E-state index in [0.29, 0.717) is 22.8 Å². The summed E-state index contributed by atoms with van der Waals surface area (Å²) in [5.74, 6) is -1.98. The number of benzene rings is 5. The Hall–Kier alpha value is -6.96. The highest BCUT2D eigenvalue weighted by atomic mass is 19.4. The molecule has 2 amide bonds. The summed E-state index contributed by atoms with van der Waals surface area (Å²) in [7, 11) is 2.53. The predicted octanol–water partition coefficient (Wildman–Crippen LogP) is 8.32. The topological polar surface area (TPSA) is 144 Å². The lowest BCUT2D eigenvalue weighted by Crippen LogP contribution is -2.35.